The SMILES string of the molecule is O=[N+]([O-])c1c(Nc2ccc(Oc3ccccc3)cc2)ncnc1Nc1cccnc1Cl. The summed E-state index contributed by atoms with van der Waals surface area (Å²) in [5.74, 6) is 1.35. The molecule has 0 amide bonds. The van der Waals surface area contributed by atoms with Crippen molar-refractivity contribution in [1.29, 1.82) is 0 Å². The second kappa shape index (κ2) is 9.06. The molecule has 2 aromatic carbocycles. The number of nitrogens with one attached hydrogen (secondary N) is 2. The van der Waals surface area contributed by atoms with Gasteiger partial charge in [-0.2, -0.15) is 0 Å². The summed E-state index contributed by atoms with van der Waals surface area (Å²) in [5.41, 5.74) is 0.652. The van der Waals surface area contributed by atoms with Gasteiger partial charge in [0.25, 0.3) is 0 Å². The van der Waals surface area contributed by atoms with Gasteiger partial charge in [-0.05, 0) is 48.5 Å². The highest BCUT2D eigenvalue weighted by Gasteiger charge is 2.24. The maximum Gasteiger partial charge on any atom is 0.353 e. The molecule has 0 saturated heterocycles. The van der Waals surface area contributed by atoms with Crippen molar-refractivity contribution in [2.45, 2.75) is 0 Å². The predicted octanol–water partition coefficient (Wildman–Crippen LogP) is 5.71. The van der Waals surface area contributed by atoms with Crippen LogP contribution in [0, 0.1) is 10.1 Å². The molecule has 31 heavy (non-hydrogen) atoms. The molecule has 0 atom stereocenters. The Morgan fingerprint density at radius 3 is 2.19 bits per heavy atom. The van der Waals surface area contributed by atoms with Crippen molar-refractivity contribution < 1.29 is 9.66 Å². The fraction of sp³-hybridized carbons (Fsp3) is 0. The first kappa shape index (κ1) is 20.0. The number of rotatable bonds is 7. The van der Waals surface area contributed by atoms with Gasteiger partial charge in [-0.3, -0.25) is 10.1 Å². The maximum absolute atomic E-state index is 11.7. The zero-order valence-corrected chi connectivity index (χ0v) is 16.7. The Kier molecular flexibility index (Phi) is 5.86. The number of hydrogen-bond donors (Lipinski definition) is 2. The summed E-state index contributed by atoms with van der Waals surface area (Å²) in [6.45, 7) is 0. The molecule has 2 N–H and O–H groups in total. The first-order chi connectivity index (χ1) is 15.1. The highest BCUT2D eigenvalue weighted by molar-refractivity contribution is 6.32. The molecule has 0 aliphatic carbocycles. The molecule has 0 saturated carbocycles. The summed E-state index contributed by atoms with van der Waals surface area (Å²) in [5, 5.41) is 17.7. The Balaban J connectivity index is 1.57. The van der Waals surface area contributed by atoms with Crippen LogP contribution in [-0.4, -0.2) is 19.9 Å². The van der Waals surface area contributed by atoms with Crippen LogP contribution in [0.15, 0.2) is 79.3 Å². The van der Waals surface area contributed by atoms with Crippen molar-refractivity contribution in [3.05, 3.63) is 94.5 Å². The summed E-state index contributed by atoms with van der Waals surface area (Å²) in [4.78, 5) is 23.1. The van der Waals surface area contributed by atoms with Gasteiger partial charge in [0.15, 0.2) is 5.15 Å². The molecule has 0 unspecified atom stereocenters. The van der Waals surface area contributed by atoms with Gasteiger partial charge in [-0.25, -0.2) is 15.0 Å². The summed E-state index contributed by atoms with van der Waals surface area (Å²) in [6, 6.07) is 19.6. The largest absolute Gasteiger partial charge is 0.457 e. The van der Waals surface area contributed by atoms with Crippen LogP contribution in [0.1, 0.15) is 0 Å². The van der Waals surface area contributed by atoms with Gasteiger partial charge in [0.05, 0.1) is 10.6 Å². The fourth-order valence-electron chi connectivity index (χ4n) is 2.71. The Morgan fingerprint density at radius 1 is 0.839 bits per heavy atom. The van der Waals surface area contributed by atoms with Gasteiger partial charge in [-0.1, -0.05) is 29.8 Å². The first-order valence-corrected chi connectivity index (χ1v) is 9.45. The van der Waals surface area contributed by atoms with Gasteiger partial charge in [-0.15, -0.1) is 0 Å². The lowest BCUT2D eigenvalue weighted by Crippen LogP contribution is -2.06. The summed E-state index contributed by atoms with van der Waals surface area (Å²) in [7, 11) is 0. The molecule has 4 rings (SSSR count). The second-order valence-corrected chi connectivity index (χ2v) is 6.57. The molecule has 9 nitrogen and oxygen atoms in total. The first-order valence-electron chi connectivity index (χ1n) is 9.07. The number of aromatic nitrogens is 3. The van der Waals surface area contributed by atoms with E-state index in [1.807, 2.05) is 30.3 Å². The number of ether oxygens (including phenoxy) is 1. The molecule has 2 heterocycles. The average Bonchev–Trinajstić information content (AvgIpc) is 2.77. The van der Waals surface area contributed by atoms with Gasteiger partial charge in [0, 0.05) is 11.9 Å². The molecule has 154 valence electrons. The van der Waals surface area contributed by atoms with E-state index in [0.29, 0.717) is 22.9 Å². The molecule has 0 radical (unpaired) electrons. The number of para-hydroxylation sites is 1. The Bertz CT molecular complexity index is 1210. The van der Waals surface area contributed by atoms with Crippen molar-refractivity contribution in [3.63, 3.8) is 0 Å². The minimum Gasteiger partial charge on any atom is -0.457 e. The number of halogens is 1. The van der Waals surface area contributed by atoms with Crippen LogP contribution < -0.4 is 15.4 Å². The molecule has 4 aromatic rings. The Morgan fingerprint density at radius 2 is 1.52 bits per heavy atom. The highest BCUT2D eigenvalue weighted by atomic mass is 35.5. The lowest BCUT2D eigenvalue weighted by molar-refractivity contribution is -0.383. The van der Waals surface area contributed by atoms with E-state index in [2.05, 4.69) is 25.6 Å². The quantitative estimate of drug-likeness (QED) is 0.216. The van der Waals surface area contributed by atoms with E-state index in [4.69, 9.17) is 16.3 Å². The number of nitrogens with zero attached hydrogens (tertiary/aromatic N) is 4. The van der Waals surface area contributed by atoms with E-state index in [0.717, 1.165) is 0 Å². The molecule has 0 spiro atoms. The van der Waals surface area contributed by atoms with Crippen molar-refractivity contribution in [3.8, 4) is 11.5 Å². The van der Waals surface area contributed by atoms with Crippen LogP contribution in [0.4, 0.5) is 28.7 Å². The smallest absolute Gasteiger partial charge is 0.353 e. The van der Waals surface area contributed by atoms with Gasteiger partial charge >= 0.3 is 5.69 Å². The standard InChI is InChI=1S/C21H15ClN6O3/c22-19-17(7-4-12-23-19)27-21-18(28(29)30)20(24-13-25-21)26-14-8-10-16(11-9-14)31-15-5-2-1-3-6-15/h1-13H,(H2,24,25,26,27). The summed E-state index contributed by atoms with van der Waals surface area (Å²) >= 11 is 6.03. The van der Waals surface area contributed by atoms with Crippen LogP contribution in [0.3, 0.4) is 0 Å². The topological polar surface area (TPSA) is 115 Å². The van der Waals surface area contributed by atoms with Gasteiger partial charge < -0.3 is 15.4 Å². The van der Waals surface area contributed by atoms with Crippen LogP contribution in [0.5, 0.6) is 11.5 Å². The number of anilines is 4. The molecule has 0 aliphatic rings. The van der Waals surface area contributed by atoms with E-state index in [9.17, 15) is 10.1 Å². The zero-order valence-electron chi connectivity index (χ0n) is 15.9. The van der Waals surface area contributed by atoms with Gasteiger partial charge in [0.1, 0.15) is 17.8 Å². The van der Waals surface area contributed by atoms with Crippen LogP contribution in [0.25, 0.3) is 0 Å². The molecular weight excluding hydrogens is 420 g/mol. The molecule has 0 fully saturated rings. The highest BCUT2D eigenvalue weighted by Crippen LogP contribution is 2.34. The maximum atomic E-state index is 11.7. The molecule has 2 aromatic heterocycles. The minimum absolute atomic E-state index is 0.0126. The fourth-order valence-corrected chi connectivity index (χ4v) is 2.88. The van der Waals surface area contributed by atoms with E-state index in [1.54, 1.807) is 36.4 Å². The van der Waals surface area contributed by atoms with E-state index >= 15 is 0 Å². The van der Waals surface area contributed by atoms with Crippen LogP contribution in [0.2, 0.25) is 5.15 Å². The summed E-state index contributed by atoms with van der Waals surface area (Å²) < 4.78 is 5.75. The minimum atomic E-state index is -0.568. The normalized spacial score (nSPS) is 10.4. The number of pyridine rings is 1. The molecular formula is C21H15ClN6O3. The molecule has 0 bridgehead atoms. The third-order valence-electron chi connectivity index (χ3n) is 4.11. The van der Waals surface area contributed by atoms with Gasteiger partial charge in [0.2, 0.25) is 11.6 Å². The summed E-state index contributed by atoms with van der Waals surface area (Å²) in [6.07, 6.45) is 2.73. The number of nitro groups is 1. The number of benzene rings is 2. The molecule has 0 aliphatic heterocycles. The zero-order chi connectivity index (χ0) is 21.6. The third kappa shape index (κ3) is 4.85. The van der Waals surface area contributed by atoms with Crippen molar-refractivity contribution in [2.75, 3.05) is 10.6 Å². The van der Waals surface area contributed by atoms with Crippen LogP contribution >= 0.6 is 11.6 Å². The average molecular weight is 435 g/mol. The second-order valence-electron chi connectivity index (χ2n) is 6.21. The van der Waals surface area contributed by atoms with Crippen LogP contribution in [-0.2, 0) is 0 Å². The monoisotopic (exact) mass is 434 g/mol. The lowest BCUT2D eigenvalue weighted by atomic mass is 10.3. The van der Waals surface area contributed by atoms with Crippen molar-refractivity contribution >= 4 is 40.3 Å². The van der Waals surface area contributed by atoms with E-state index in [-0.39, 0.29) is 22.5 Å². The third-order valence-corrected chi connectivity index (χ3v) is 4.41. The van der Waals surface area contributed by atoms with E-state index in [1.165, 1.54) is 12.5 Å². The number of hydrogen-bond acceptors (Lipinski definition) is 8. The predicted molar refractivity (Wildman–Crippen MR) is 117 cm³/mol. The lowest BCUT2D eigenvalue weighted by Gasteiger charge is -2.11. The Labute approximate surface area is 181 Å². The molecule has 10 heteroatoms. The van der Waals surface area contributed by atoms with Crippen molar-refractivity contribution in [2.24, 2.45) is 0 Å². The van der Waals surface area contributed by atoms with E-state index < -0.39 is 4.92 Å². The Hall–Kier alpha value is -4.24. The van der Waals surface area contributed by atoms with Crippen molar-refractivity contribution in [1.82, 2.24) is 15.0 Å².